The van der Waals surface area contributed by atoms with Crippen molar-refractivity contribution in [2.24, 2.45) is 30.5 Å². The number of rotatable bonds is 7. The fourth-order valence-corrected chi connectivity index (χ4v) is 6.64. The van der Waals surface area contributed by atoms with Crippen molar-refractivity contribution in [2.45, 2.75) is 37.4 Å². The maximum absolute atomic E-state index is 13.7. The molecule has 0 radical (unpaired) electrons. The number of anilines is 1. The van der Waals surface area contributed by atoms with Crippen LogP contribution >= 0.6 is 11.6 Å². The number of benzene rings is 1. The van der Waals surface area contributed by atoms with Crippen LogP contribution in [0.5, 0.6) is 0 Å². The summed E-state index contributed by atoms with van der Waals surface area (Å²) in [6, 6.07) is 2.35. The van der Waals surface area contributed by atoms with Crippen molar-refractivity contribution in [3.05, 3.63) is 52.7 Å². The normalized spacial score (nSPS) is 23.6. The first-order chi connectivity index (χ1) is 21.1. The van der Waals surface area contributed by atoms with E-state index in [-0.39, 0.29) is 33.7 Å². The van der Waals surface area contributed by atoms with Crippen molar-refractivity contribution < 1.29 is 36.3 Å². The summed E-state index contributed by atoms with van der Waals surface area (Å²) in [5.74, 6) is -3.60. The molecular weight excluding hydrogens is 627 g/mol. The van der Waals surface area contributed by atoms with E-state index in [0.29, 0.717) is 36.2 Å². The summed E-state index contributed by atoms with van der Waals surface area (Å²) in [7, 11) is 1.31. The number of alkyl halides is 5. The van der Waals surface area contributed by atoms with Crippen LogP contribution in [-0.2, 0) is 13.2 Å². The van der Waals surface area contributed by atoms with Crippen LogP contribution in [0.2, 0.25) is 5.02 Å². The highest BCUT2D eigenvalue weighted by Gasteiger charge is 2.59. The Bertz CT molecular complexity index is 1670. The van der Waals surface area contributed by atoms with Gasteiger partial charge in [0.2, 0.25) is 0 Å². The van der Waals surface area contributed by atoms with Crippen molar-refractivity contribution >= 4 is 35.1 Å². The second kappa shape index (κ2) is 11.0. The van der Waals surface area contributed by atoms with E-state index in [1.165, 1.54) is 25.2 Å². The number of carbonyl (C=O) groups is 3. The number of fused-ring (bicyclic) bond motifs is 1. The summed E-state index contributed by atoms with van der Waals surface area (Å²) >= 11 is 6.35. The molecule has 17 heteroatoms. The number of amides is 4. The second-order valence-corrected chi connectivity index (χ2v) is 12.2. The highest BCUT2D eigenvalue weighted by atomic mass is 35.5. The molecule has 240 valence electrons. The first-order valence-electron chi connectivity index (χ1n) is 14.1. The summed E-state index contributed by atoms with van der Waals surface area (Å²) < 4.78 is 69.9. The smallest absolute Gasteiger partial charge is 0.352 e. The minimum Gasteiger partial charge on any atom is -0.352 e. The van der Waals surface area contributed by atoms with Crippen molar-refractivity contribution in [3.63, 3.8) is 0 Å². The molecule has 2 aromatic heterocycles. The van der Waals surface area contributed by atoms with Gasteiger partial charge in [-0.15, -0.1) is 0 Å². The molecule has 11 nitrogen and oxygen atoms in total. The molecule has 1 saturated heterocycles. The molecule has 1 aliphatic heterocycles. The van der Waals surface area contributed by atoms with Crippen molar-refractivity contribution in [1.82, 2.24) is 29.5 Å². The maximum atomic E-state index is 13.7. The monoisotopic (exact) mass is 654 g/mol. The quantitative estimate of drug-likeness (QED) is 0.321. The number of hydrogen-bond donors (Lipinski definition) is 3. The van der Waals surface area contributed by atoms with Crippen LogP contribution in [-0.4, -0.2) is 67.6 Å². The van der Waals surface area contributed by atoms with E-state index in [1.807, 2.05) is 0 Å². The van der Waals surface area contributed by atoms with Crippen LogP contribution in [0, 0.1) is 17.8 Å². The van der Waals surface area contributed by atoms with Crippen LogP contribution in [0.3, 0.4) is 0 Å². The molecule has 3 heterocycles. The molecule has 3 aliphatic rings. The highest BCUT2D eigenvalue weighted by Crippen LogP contribution is 2.53. The van der Waals surface area contributed by atoms with E-state index in [9.17, 15) is 36.3 Å². The fraction of sp³-hybridized carbons (Fsp3) is 0.464. The molecule has 0 bridgehead atoms. The van der Waals surface area contributed by atoms with Crippen molar-refractivity contribution in [2.75, 3.05) is 25.0 Å². The molecule has 4 N–H and O–H groups in total. The average molecular weight is 655 g/mol. The second-order valence-electron chi connectivity index (χ2n) is 11.8. The summed E-state index contributed by atoms with van der Waals surface area (Å²) in [6.45, 7) is 1.70. The number of aromatic nitrogens is 4. The number of hydrogen-bond acceptors (Lipinski definition) is 5. The van der Waals surface area contributed by atoms with Crippen molar-refractivity contribution in [1.29, 1.82) is 0 Å². The van der Waals surface area contributed by atoms with Gasteiger partial charge in [0.15, 0.2) is 11.5 Å². The van der Waals surface area contributed by atoms with Gasteiger partial charge in [-0.25, -0.2) is 18.6 Å². The SMILES string of the molecule is Cn1c(-c2cn(C3CC3(F)F)nc2C(F)(F)F)cnc1C(=O)Nc1ccc(C(=O)NCC2CC3CN(C(N)=O)CC3C2)c(Cl)c1. The number of nitrogens with two attached hydrogens (primary N) is 1. The molecule has 45 heavy (non-hydrogen) atoms. The minimum atomic E-state index is -4.94. The van der Waals surface area contributed by atoms with Gasteiger partial charge in [-0.1, -0.05) is 11.6 Å². The van der Waals surface area contributed by atoms with E-state index >= 15 is 0 Å². The number of imidazole rings is 1. The summed E-state index contributed by atoms with van der Waals surface area (Å²) in [4.78, 5) is 42.9. The Kier molecular flexibility index (Phi) is 7.53. The van der Waals surface area contributed by atoms with E-state index in [1.54, 1.807) is 4.90 Å². The van der Waals surface area contributed by atoms with Crippen LogP contribution in [0.25, 0.3) is 11.3 Å². The standard InChI is InChI=1S/C28H28ClF5N8O3/c1-40-20(18-12-42(21-7-27(21,30)31)39-22(18)28(32,33)34)9-36-23(40)25(44)38-16-2-3-17(19(29)6-16)24(43)37-8-13-4-14-10-41(26(35)45)11-15(14)5-13/h2-3,6,9,12-15,21H,4-5,7-8,10-11H2,1H3,(H2,35,45)(H,37,43)(H,38,44). The molecule has 3 atom stereocenters. The third kappa shape index (κ3) is 5.94. The third-order valence-electron chi connectivity index (χ3n) is 8.76. The van der Waals surface area contributed by atoms with Gasteiger partial charge >= 0.3 is 12.2 Å². The predicted molar refractivity (Wildman–Crippen MR) is 151 cm³/mol. The van der Waals surface area contributed by atoms with Gasteiger partial charge in [0.1, 0.15) is 6.04 Å². The first kappa shape index (κ1) is 30.8. The zero-order valence-electron chi connectivity index (χ0n) is 23.7. The number of primary amides is 1. The fourth-order valence-electron chi connectivity index (χ4n) is 6.37. The topological polar surface area (TPSA) is 140 Å². The van der Waals surface area contributed by atoms with Gasteiger partial charge in [0.05, 0.1) is 28.0 Å². The van der Waals surface area contributed by atoms with E-state index < -0.39 is 53.7 Å². The highest BCUT2D eigenvalue weighted by molar-refractivity contribution is 6.34. The minimum absolute atomic E-state index is 0.0605. The van der Waals surface area contributed by atoms with Gasteiger partial charge in [-0.3, -0.25) is 14.3 Å². The van der Waals surface area contributed by atoms with Crippen LogP contribution in [0.1, 0.15) is 52.0 Å². The Hall–Kier alpha value is -4.21. The maximum Gasteiger partial charge on any atom is 0.435 e. The molecule has 2 aliphatic carbocycles. The molecule has 3 aromatic rings. The lowest BCUT2D eigenvalue weighted by molar-refractivity contribution is -0.141. The van der Waals surface area contributed by atoms with Crippen LogP contribution in [0.4, 0.5) is 32.4 Å². The number of carbonyl (C=O) groups excluding carboxylic acids is 3. The lowest BCUT2D eigenvalue weighted by Crippen LogP contribution is -2.35. The Morgan fingerprint density at radius 2 is 1.80 bits per heavy atom. The third-order valence-corrected chi connectivity index (χ3v) is 9.08. The molecular formula is C28H28ClF5N8O3. The molecule has 6 rings (SSSR count). The zero-order chi connectivity index (χ0) is 32.4. The predicted octanol–water partition coefficient (Wildman–Crippen LogP) is 4.55. The Morgan fingerprint density at radius 3 is 2.38 bits per heavy atom. The van der Waals surface area contributed by atoms with Crippen molar-refractivity contribution in [3.8, 4) is 11.3 Å². The number of urea groups is 1. The Morgan fingerprint density at radius 1 is 1.13 bits per heavy atom. The summed E-state index contributed by atoms with van der Waals surface area (Å²) in [5, 5.41) is 8.88. The summed E-state index contributed by atoms with van der Waals surface area (Å²) in [5.41, 5.74) is 3.75. The lowest BCUT2D eigenvalue weighted by Gasteiger charge is -2.17. The molecule has 1 aromatic carbocycles. The van der Waals surface area contributed by atoms with Crippen LogP contribution < -0.4 is 16.4 Å². The van der Waals surface area contributed by atoms with E-state index in [0.717, 1.165) is 29.8 Å². The van der Waals surface area contributed by atoms with Crippen LogP contribution in [0.15, 0.2) is 30.6 Å². The molecule has 2 saturated carbocycles. The number of halogens is 6. The van der Waals surface area contributed by atoms with Gasteiger partial charge in [0, 0.05) is 45.0 Å². The molecule has 3 unspecified atom stereocenters. The zero-order valence-corrected chi connectivity index (χ0v) is 24.5. The lowest BCUT2D eigenvalue weighted by atomic mass is 10.0. The summed E-state index contributed by atoms with van der Waals surface area (Å²) in [6.07, 6.45) is -1.90. The largest absolute Gasteiger partial charge is 0.435 e. The Balaban J connectivity index is 1.09. The van der Waals surface area contributed by atoms with Gasteiger partial charge in [-0.05, 0) is 48.8 Å². The van der Waals surface area contributed by atoms with E-state index in [2.05, 4.69) is 20.7 Å². The number of nitrogens with zero attached hydrogens (tertiary/aromatic N) is 5. The molecule has 3 fully saturated rings. The molecule has 4 amide bonds. The van der Waals surface area contributed by atoms with Gasteiger partial charge in [-0.2, -0.15) is 18.3 Å². The van der Waals surface area contributed by atoms with Gasteiger partial charge in [0.25, 0.3) is 17.7 Å². The van der Waals surface area contributed by atoms with E-state index in [4.69, 9.17) is 17.3 Å². The first-order valence-corrected chi connectivity index (χ1v) is 14.5. The number of nitrogens with one attached hydrogen (secondary N) is 2. The Labute approximate surface area is 257 Å². The average Bonchev–Trinajstić information content (AvgIpc) is 3.47. The number of likely N-dealkylation sites (tertiary alicyclic amines) is 1. The molecule has 0 spiro atoms. The van der Waals surface area contributed by atoms with Gasteiger partial charge < -0.3 is 25.8 Å².